The van der Waals surface area contributed by atoms with Crippen molar-refractivity contribution in [2.24, 2.45) is 0 Å². The zero-order valence-electron chi connectivity index (χ0n) is 15.3. The topological polar surface area (TPSA) is 54.0 Å². The first-order chi connectivity index (χ1) is 12.7. The van der Waals surface area contributed by atoms with Gasteiger partial charge in [0.2, 0.25) is 0 Å². The molecule has 0 bridgehead atoms. The van der Waals surface area contributed by atoms with Crippen molar-refractivity contribution in [2.45, 2.75) is 26.0 Å². The van der Waals surface area contributed by atoms with E-state index in [0.29, 0.717) is 6.10 Å². The predicted octanol–water partition coefficient (Wildman–Crippen LogP) is 3.67. The average molecular weight is 348 g/mol. The normalized spacial score (nSPS) is 17.7. The van der Waals surface area contributed by atoms with Crippen LogP contribution in [-0.2, 0) is 11.3 Å². The molecule has 0 saturated carbocycles. The van der Waals surface area contributed by atoms with Crippen LogP contribution in [0.4, 0.5) is 0 Å². The van der Waals surface area contributed by atoms with Crippen molar-refractivity contribution in [1.29, 1.82) is 0 Å². The van der Waals surface area contributed by atoms with Gasteiger partial charge in [-0.25, -0.2) is 0 Å². The van der Waals surface area contributed by atoms with E-state index in [4.69, 9.17) is 4.74 Å². The summed E-state index contributed by atoms with van der Waals surface area (Å²) in [5.74, 6) is 0. The first-order valence-corrected chi connectivity index (χ1v) is 9.04. The minimum Gasteiger partial charge on any atom is -0.380 e. The van der Waals surface area contributed by atoms with Gasteiger partial charge < -0.3 is 4.74 Å². The molecule has 1 aliphatic heterocycles. The minimum absolute atomic E-state index is 0.362. The second-order valence-corrected chi connectivity index (χ2v) is 6.89. The van der Waals surface area contributed by atoms with Crippen molar-refractivity contribution in [3.05, 3.63) is 60.0 Å². The van der Waals surface area contributed by atoms with Crippen LogP contribution in [0.2, 0.25) is 0 Å². The van der Waals surface area contributed by atoms with Gasteiger partial charge in [-0.2, -0.15) is 5.10 Å². The quantitative estimate of drug-likeness (QED) is 0.764. The molecule has 0 aliphatic carbocycles. The van der Waals surface area contributed by atoms with E-state index in [9.17, 15) is 0 Å². The van der Waals surface area contributed by atoms with Gasteiger partial charge in [0.15, 0.2) is 0 Å². The molecule has 1 aliphatic rings. The van der Waals surface area contributed by atoms with Crippen molar-refractivity contribution in [1.82, 2.24) is 20.1 Å². The molecule has 3 aromatic rings. The summed E-state index contributed by atoms with van der Waals surface area (Å²) in [7, 11) is 1.80. The Hall–Kier alpha value is -2.50. The van der Waals surface area contributed by atoms with Crippen LogP contribution in [0.5, 0.6) is 0 Å². The number of nitrogens with zero attached hydrogens (tertiary/aromatic N) is 3. The molecule has 26 heavy (non-hydrogen) atoms. The molecular formula is C21H24N4O. The number of nitrogens with one attached hydrogen (secondary N) is 1. The maximum absolute atomic E-state index is 5.48. The predicted molar refractivity (Wildman–Crippen MR) is 103 cm³/mol. The number of benzene rings is 1. The van der Waals surface area contributed by atoms with Crippen molar-refractivity contribution >= 4 is 0 Å². The molecule has 0 amide bonds. The standard InChI is InChI=1S/C21H24N4O/c1-15-20(12-23-24-15)18-5-3-4-6-19(18)21-11-16(7-9-22-21)13-25-10-8-17(14-25)26-2/h3-7,9,11-12,17H,8,10,13-14H2,1-2H3,(H,23,24). The van der Waals surface area contributed by atoms with Crippen LogP contribution >= 0.6 is 0 Å². The lowest BCUT2D eigenvalue weighted by atomic mass is 9.97. The highest BCUT2D eigenvalue weighted by molar-refractivity contribution is 5.82. The summed E-state index contributed by atoms with van der Waals surface area (Å²) in [4.78, 5) is 7.09. The molecule has 134 valence electrons. The summed E-state index contributed by atoms with van der Waals surface area (Å²) >= 11 is 0. The van der Waals surface area contributed by atoms with E-state index in [0.717, 1.165) is 54.1 Å². The average Bonchev–Trinajstić information content (AvgIpc) is 3.30. The Labute approximate surface area is 154 Å². The number of hydrogen-bond donors (Lipinski definition) is 1. The van der Waals surface area contributed by atoms with E-state index < -0.39 is 0 Å². The Kier molecular flexibility index (Phi) is 4.82. The molecule has 0 radical (unpaired) electrons. The molecule has 1 aromatic carbocycles. The molecule has 1 saturated heterocycles. The first-order valence-electron chi connectivity index (χ1n) is 9.04. The van der Waals surface area contributed by atoms with Crippen molar-refractivity contribution in [3.8, 4) is 22.4 Å². The Balaban J connectivity index is 1.63. The molecule has 4 rings (SSSR count). The number of pyridine rings is 1. The lowest BCUT2D eigenvalue weighted by Gasteiger charge is -2.16. The highest BCUT2D eigenvalue weighted by atomic mass is 16.5. The van der Waals surface area contributed by atoms with E-state index >= 15 is 0 Å². The van der Waals surface area contributed by atoms with Crippen LogP contribution in [0.3, 0.4) is 0 Å². The van der Waals surface area contributed by atoms with E-state index in [1.54, 1.807) is 7.11 Å². The van der Waals surface area contributed by atoms with E-state index in [2.05, 4.69) is 56.5 Å². The Morgan fingerprint density at radius 1 is 1.19 bits per heavy atom. The summed E-state index contributed by atoms with van der Waals surface area (Å²) in [5, 5.41) is 7.20. The third-order valence-electron chi connectivity index (χ3n) is 5.12. The Bertz CT molecular complexity index is 889. The summed E-state index contributed by atoms with van der Waals surface area (Å²) in [6.45, 7) is 5.06. The van der Waals surface area contributed by atoms with Gasteiger partial charge in [-0.1, -0.05) is 24.3 Å². The summed E-state index contributed by atoms with van der Waals surface area (Å²) in [6.07, 6.45) is 5.26. The van der Waals surface area contributed by atoms with Gasteiger partial charge in [0.1, 0.15) is 0 Å². The highest BCUT2D eigenvalue weighted by Crippen LogP contribution is 2.32. The van der Waals surface area contributed by atoms with Crippen molar-refractivity contribution in [3.63, 3.8) is 0 Å². The number of aromatic nitrogens is 3. The van der Waals surface area contributed by atoms with Gasteiger partial charge in [0, 0.05) is 49.8 Å². The van der Waals surface area contributed by atoms with Crippen LogP contribution in [0.1, 0.15) is 17.7 Å². The molecular weight excluding hydrogens is 324 g/mol. The monoisotopic (exact) mass is 348 g/mol. The third-order valence-corrected chi connectivity index (χ3v) is 5.12. The second-order valence-electron chi connectivity index (χ2n) is 6.89. The minimum atomic E-state index is 0.362. The van der Waals surface area contributed by atoms with Gasteiger partial charge in [-0.15, -0.1) is 0 Å². The molecule has 0 spiro atoms. The molecule has 5 nitrogen and oxygen atoms in total. The van der Waals surface area contributed by atoms with Crippen LogP contribution in [0.15, 0.2) is 48.8 Å². The fraction of sp³-hybridized carbons (Fsp3) is 0.333. The number of H-pyrrole nitrogens is 1. The fourth-order valence-electron chi connectivity index (χ4n) is 3.67. The van der Waals surface area contributed by atoms with Gasteiger partial charge in [-0.3, -0.25) is 15.0 Å². The van der Waals surface area contributed by atoms with E-state index in [1.807, 2.05) is 19.3 Å². The van der Waals surface area contributed by atoms with E-state index in [-0.39, 0.29) is 0 Å². The van der Waals surface area contributed by atoms with Gasteiger partial charge in [0.05, 0.1) is 18.0 Å². The largest absolute Gasteiger partial charge is 0.380 e. The summed E-state index contributed by atoms with van der Waals surface area (Å²) in [6, 6.07) is 12.7. The number of aryl methyl sites for hydroxylation is 1. The summed E-state index contributed by atoms with van der Waals surface area (Å²) in [5.41, 5.74) is 6.76. The lowest BCUT2D eigenvalue weighted by molar-refractivity contribution is 0.107. The molecule has 1 unspecified atom stereocenters. The highest BCUT2D eigenvalue weighted by Gasteiger charge is 2.22. The van der Waals surface area contributed by atoms with Crippen LogP contribution in [0.25, 0.3) is 22.4 Å². The molecule has 1 atom stereocenters. The van der Waals surface area contributed by atoms with Gasteiger partial charge in [-0.05, 0) is 36.6 Å². The van der Waals surface area contributed by atoms with Crippen LogP contribution < -0.4 is 0 Å². The number of hydrogen-bond acceptors (Lipinski definition) is 4. The maximum atomic E-state index is 5.48. The van der Waals surface area contributed by atoms with E-state index in [1.165, 1.54) is 5.56 Å². The van der Waals surface area contributed by atoms with Crippen molar-refractivity contribution in [2.75, 3.05) is 20.2 Å². The second kappa shape index (κ2) is 7.40. The SMILES string of the molecule is COC1CCN(Cc2ccnc(-c3ccccc3-c3cn[nH]c3C)c2)C1. The van der Waals surface area contributed by atoms with Crippen molar-refractivity contribution < 1.29 is 4.74 Å². The Morgan fingerprint density at radius 3 is 2.77 bits per heavy atom. The Morgan fingerprint density at radius 2 is 2.04 bits per heavy atom. The number of rotatable bonds is 5. The molecule has 5 heteroatoms. The zero-order valence-corrected chi connectivity index (χ0v) is 15.3. The molecule has 1 fully saturated rings. The van der Waals surface area contributed by atoms with Crippen LogP contribution in [-0.4, -0.2) is 46.4 Å². The fourth-order valence-corrected chi connectivity index (χ4v) is 3.67. The first kappa shape index (κ1) is 16.9. The zero-order chi connectivity index (χ0) is 17.9. The number of likely N-dealkylation sites (tertiary alicyclic amines) is 1. The van der Waals surface area contributed by atoms with Crippen LogP contribution in [0, 0.1) is 6.92 Å². The number of methoxy groups -OCH3 is 1. The summed E-state index contributed by atoms with van der Waals surface area (Å²) < 4.78 is 5.48. The molecule has 2 aromatic heterocycles. The smallest absolute Gasteiger partial charge is 0.0711 e. The van der Waals surface area contributed by atoms with Gasteiger partial charge in [0.25, 0.3) is 0 Å². The lowest BCUT2D eigenvalue weighted by Crippen LogP contribution is -2.22. The maximum Gasteiger partial charge on any atom is 0.0711 e. The number of ether oxygens (including phenoxy) is 1. The molecule has 1 N–H and O–H groups in total. The third kappa shape index (κ3) is 3.41. The molecule has 3 heterocycles. The number of aromatic amines is 1. The van der Waals surface area contributed by atoms with Gasteiger partial charge >= 0.3 is 0 Å².